The van der Waals surface area contributed by atoms with E-state index in [1.165, 1.54) is 24.2 Å². The van der Waals surface area contributed by atoms with Crippen LogP contribution in [0.25, 0.3) is 11.8 Å². The molecule has 0 unspecified atom stereocenters. The van der Waals surface area contributed by atoms with E-state index in [-0.39, 0.29) is 11.9 Å². The summed E-state index contributed by atoms with van der Waals surface area (Å²) in [6.07, 6.45) is 16.7. The van der Waals surface area contributed by atoms with Gasteiger partial charge in [0.15, 0.2) is 0 Å². The number of methoxy groups -OCH3 is 1. The molecule has 0 spiro atoms. The van der Waals surface area contributed by atoms with Crippen molar-refractivity contribution in [1.82, 2.24) is 41.5 Å². The molecule has 0 saturated carbocycles. The van der Waals surface area contributed by atoms with E-state index in [0.717, 1.165) is 61.8 Å². The maximum atomic E-state index is 13.0. The van der Waals surface area contributed by atoms with Crippen LogP contribution in [0.2, 0.25) is 5.02 Å². The lowest BCUT2D eigenvalue weighted by atomic mass is 9.96. The molecule has 43 heavy (non-hydrogen) atoms. The number of allylic oxidation sites excluding steroid dienone is 3. The number of hydrogen-bond acceptors (Lipinski definition) is 8. The number of hydrogen-bond donors (Lipinski definition) is 4. The Balaban J connectivity index is 1.73. The van der Waals surface area contributed by atoms with Crippen molar-refractivity contribution < 1.29 is 14.3 Å². The van der Waals surface area contributed by atoms with Crippen LogP contribution < -0.4 is 21.3 Å². The molecule has 0 bridgehead atoms. The standard InChI is InChI=1S/C31H41ClN8O3/c1-5-26(37-31(42)43-4)18-23-11-9-7-6-8-10-12-27(19-34-20-28(33-3)22(23)2)36-30(41)16-13-24-17-25(32)14-15-29(24)40-21-35-38-39-40/h5,13-18,20-21,27,33-34H,2,6-12,19H2,1,3-4H3,(H,36,41)(H,37,42)/b16-13+,23-18-,26-5+,28-20?/t27-/m0/s1. The molecule has 0 fully saturated rings. The highest BCUT2D eigenvalue weighted by molar-refractivity contribution is 6.30. The van der Waals surface area contributed by atoms with Crippen LogP contribution in [-0.2, 0) is 9.53 Å². The molecule has 1 aromatic heterocycles. The van der Waals surface area contributed by atoms with E-state index in [4.69, 9.17) is 16.3 Å². The van der Waals surface area contributed by atoms with Crippen LogP contribution in [-0.4, -0.2) is 59.0 Å². The van der Waals surface area contributed by atoms with E-state index in [9.17, 15) is 9.59 Å². The first-order valence-electron chi connectivity index (χ1n) is 14.4. The van der Waals surface area contributed by atoms with Crippen molar-refractivity contribution in [3.05, 3.63) is 88.7 Å². The molecule has 12 heteroatoms. The van der Waals surface area contributed by atoms with E-state index < -0.39 is 6.09 Å². The Hall–Kier alpha value is -4.38. The highest BCUT2D eigenvalue weighted by Gasteiger charge is 2.14. The molecule has 2 amide bonds. The fourth-order valence-corrected chi connectivity index (χ4v) is 4.84. The van der Waals surface area contributed by atoms with E-state index in [1.807, 2.05) is 32.3 Å². The predicted molar refractivity (Wildman–Crippen MR) is 169 cm³/mol. The van der Waals surface area contributed by atoms with Gasteiger partial charge in [-0.3, -0.25) is 10.1 Å². The van der Waals surface area contributed by atoms with Crippen LogP contribution in [0.5, 0.6) is 0 Å². The summed E-state index contributed by atoms with van der Waals surface area (Å²) in [6, 6.07) is 5.22. The van der Waals surface area contributed by atoms with Gasteiger partial charge in [-0.2, -0.15) is 4.68 Å². The number of halogens is 1. The second-order valence-electron chi connectivity index (χ2n) is 10.0. The first kappa shape index (κ1) is 33.1. The van der Waals surface area contributed by atoms with Crippen LogP contribution >= 0.6 is 11.6 Å². The predicted octanol–water partition coefficient (Wildman–Crippen LogP) is 4.95. The minimum Gasteiger partial charge on any atom is -0.453 e. The molecule has 1 aliphatic rings. The number of aromatic nitrogens is 4. The summed E-state index contributed by atoms with van der Waals surface area (Å²) in [6.45, 7) is 6.74. The minimum atomic E-state index is -0.522. The third-order valence-corrected chi connectivity index (χ3v) is 7.25. The summed E-state index contributed by atoms with van der Waals surface area (Å²) in [7, 11) is 3.18. The molecule has 0 radical (unpaired) electrons. The molecular weight excluding hydrogens is 568 g/mol. The third-order valence-electron chi connectivity index (χ3n) is 7.01. The van der Waals surface area contributed by atoms with Crippen LogP contribution in [0.15, 0.2) is 78.1 Å². The first-order chi connectivity index (χ1) is 20.8. The van der Waals surface area contributed by atoms with Gasteiger partial charge in [0.25, 0.3) is 0 Å². The van der Waals surface area contributed by atoms with Gasteiger partial charge in [0.1, 0.15) is 6.33 Å². The second kappa shape index (κ2) is 17.5. The highest BCUT2D eigenvalue weighted by atomic mass is 35.5. The van der Waals surface area contributed by atoms with Crippen molar-refractivity contribution in [2.75, 3.05) is 20.7 Å². The van der Waals surface area contributed by atoms with Crippen molar-refractivity contribution in [3.63, 3.8) is 0 Å². The van der Waals surface area contributed by atoms with Gasteiger partial charge < -0.3 is 20.7 Å². The molecule has 0 aliphatic carbocycles. The number of alkyl carbamates (subject to hydrolysis) is 1. The average Bonchev–Trinajstić information content (AvgIpc) is 3.54. The smallest absolute Gasteiger partial charge is 0.411 e. The summed E-state index contributed by atoms with van der Waals surface area (Å²) in [5.41, 5.74) is 4.72. The van der Waals surface area contributed by atoms with E-state index >= 15 is 0 Å². The van der Waals surface area contributed by atoms with Crippen molar-refractivity contribution in [2.45, 2.75) is 57.9 Å². The first-order valence-corrected chi connectivity index (χ1v) is 14.8. The quantitative estimate of drug-likeness (QED) is 0.324. The SMILES string of the molecule is C=C1C(NC)=CNC[C@@H](NC(=O)/C=C/c2cc(Cl)ccc2-n2cnnn2)CCCCCCC/C1=C/C(=C\C)NC(=O)OC. The number of ether oxygens (including phenoxy) is 1. The Bertz CT molecular complexity index is 1370. The summed E-state index contributed by atoms with van der Waals surface area (Å²) < 4.78 is 6.27. The average molecular weight is 609 g/mol. The van der Waals surface area contributed by atoms with Crippen molar-refractivity contribution >= 4 is 29.7 Å². The summed E-state index contributed by atoms with van der Waals surface area (Å²) >= 11 is 6.21. The Morgan fingerprint density at radius 1 is 1.21 bits per heavy atom. The van der Waals surface area contributed by atoms with Crippen LogP contribution in [0.3, 0.4) is 0 Å². The molecular formula is C31H41ClN8O3. The number of carbonyl (C=O) groups is 2. The Kier molecular flexibility index (Phi) is 13.5. The van der Waals surface area contributed by atoms with Crippen molar-refractivity contribution in [2.24, 2.45) is 0 Å². The number of carbonyl (C=O) groups excluding carboxylic acids is 2. The van der Waals surface area contributed by atoms with Gasteiger partial charge in [0.2, 0.25) is 5.91 Å². The number of amides is 2. The fraction of sp³-hybridized carbons (Fsp3) is 0.387. The maximum absolute atomic E-state index is 13.0. The fourth-order valence-electron chi connectivity index (χ4n) is 4.66. The lowest BCUT2D eigenvalue weighted by molar-refractivity contribution is -0.117. The molecule has 2 aromatic rings. The monoisotopic (exact) mass is 608 g/mol. The van der Waals surface area contributed by atoms with Gasteiger partial charge in [-0.05, 0) is 78.1 Å². The summed E-state index contributed by atoms with van der Waals surface area (Å²) in [5.74, 6) is -0.208. The Morgan fingerprint density at radius 2 is 2.00 bits per heavy atom. The Morgan fingerprint density at radius 3 is 2.72 bits per heavy atom. The topological polar surface area (TPSA) is 135 Å². The zero-order valence-corrected chi connectivity index (χ0v) is 25.8. The van der Waals surface area contributed by atoms with Crippen molar-refractivity contribution in [1.29, 1.82) is 0 Å². The highest BCUT2D eigenvalue weighted by Crippen LogP contribution is 2.24. The largest absolute Gasteiger partial charge is 0.453 e. The van der Waals surface area contributed by atoms with Gasteiger partial charge >= 0.3 is 6.09 Å². The zero-order valence-electron chi connectivity index (χ0n) is 25.0. The molecule has 1 aliphatic heterocycles. The van der Waals surface area contributed by atoms with Gasteiger partial charge in [0, 0.05) is 48.2 Å². The lowest BCUT2D eigenvalue weighted by Crippen LogP contribution is -2.40. The summed E-state index contributed by atoms with van der Waals surface area (Å²) in [5, 5.41) is 24.3. The van der Waals surface area contributed by atoms with Crippen LogP contribution in [0, 0.1) is 0 Å². The molecule has 3 rings (SSSR count). The molecule has 11 nitrogen and oxygen atoms in total. The van der Waals surface area contributed by atoms with Crippen molar-refractivity contribution in [3.8, 4) is 5.69 Å². The number of nitrogens with zero attached hydrogens (tertiary/aromatic N) is 4. The molecule has 1 atom stereocenters. The number of tetrazole rings is 1. The molecule has 4 N–H and O–H groups in total. The van der Waals surface area contributed by atoms with Crippen LogP contribution in [0.4, 0.5) is 4.79 Å². The number of benzene rings is 1. The zero-order chi connectivity index (χ0) is 31.0. The van der Waals surface area contributed by atoms with Gasteiger partial charge in [-0.25, -0.2) is 4.79 Å². The molecule has 230 valence electrons. The van der Waals surface area contributed by atoms with Gasteiger partial charge in [-0.1, -0.05) is 49.9 Å². The van der Waals surface area contributed by atoms with Gasteiger partial charge in [-0.15, -0.1) is 5.10 Å². The molecule has 0 saturated heterocycles. The van der Waals surface area contributed by atoms with Gasteiger partial charge in [0.05, 0.1) is 18.5 Å². The second-order valence-corrected chi connectivity index (χ2v) is 10.5. The third kappa shape index (κ3) is 10.8. The van der Waals surface area contributed by atoms with Crippen LogP contribution in [0.1, 0.15) is 57.4 Å². The van der Waals surface area contributed by atoms with E-state index in [0.29, 0.717) is 28.5 Å². The van der Waals surface area contributed by atoms with E-state index in [1.54, 1.807) is 24.3 Å². The molecule has 2 heterocycles. The molecule has 1 aromatic carbocycles. The normalized spacial score (nSPS) is 18.4. The number of likely N-dealkylation sites (N-methyl/N-ethyl adjacent to an activating group) is 1. The maximum Gasteiger partial charge on any atom is 0.411 e. The number of rotatable bonds is 7. The van der Waals surface area contributed by atoms with E-state index in [2.05, 4.69) is 43.4 Å². The lowest BCUT2D eigenvalue weighted by Gasteiger charge is -2.20. The Labute approximate surface area is 258 Å². The summed E-state index contributed by atoms with van der Waals surface area (Å²) in [4.78, 5) is 24.8. The number of nitrogens with one attached hydrogen (secondary N) is 4. The minimum absolute atomic E-state index is 0.0880.